The Balaban J connectivity index is 1.39. The van der Waals surface area contributed by atoms with Gasteiger partial charge in [-0.15, -0.1) is 0 Å². The van der Waals surface area contributed by atoms with E-state index in [0.29, 0.717) is 18.0 Å². The van der Waals surface area contributed by atoms with Crippen LogP contribution in [0.5, 0.6) is 0 Å². The summed E-state index contributed by atoms with van der Waals surface area (Å²) in [6.45, 7) is 1.17. The van der Waals surface area contributed by atoms with Gasteiger partial charge in [-0.3, -0.25) is 4.79 Å². The number of sulfonamides is 1. The summed E-state index contributed by atoms with van der Waals surface area (Å²) in [5, 5.41) is 3.08. The van der Waals surface area contributed by atoms with Crippen molar-refractivity contribution in [1.29, 1.82) is 0 Å². The summed E-state index contributed by atoms with van der Waals surface area (Å²) in [7, 11) is -3.43. The molecule has 1 aliphatic carbocycles. The van der Waals surface area contributed by atoms with Gasteiger partial charge < -0.3 is 9.73 Å². The molecule has 1 aromatic carbocycles. The van der Waals surface area contributed by atoms with Gasteiger partial charge in [-0.1, -0.05) is 18.6 Å². The molecule has 0 bridgehead atoms. The normalized spacial score (nSPS) is 20.5. The second kappa shape index (κ2) is 8.09. The van der Waals surface area contributed by atoms with E-state index in [4.69, 9.17) is 4.42 Å². The predicted octanol–water partition coefficient (Wildman–Crippen LogP) is 3.19. The van der Waals surface area contributed by atoms with E-state index in [1.54, 1.807) is 34.8 Å². The summed E-state index contributed by atoms with van der Waals surface area (Å²) in [4.78, 5) is 12.8. The van der Waals surface area contributed by atoms with Gasteiger partial charge in [0.15, 0.2) is 0 Å². The third-order valence-corrected chi connectivity index (χ3v) is 7.54. The highest BCUT2D eigenvalue weighted by Crippen LogP contribution is 2.30. The van der Waals surface area contributed by atoms with Gasteiger partial charge in [0, 0.05) is 25.1 Å². The van der Waals surface area contributed by atoms with Crippen molar-refractivity contribution >= 4 is 15.9 Å². The number of nitrogens with one attached hydrogen (secondary N) is 1. The van der Waals surface area contributed by atoms with Gasteiger partial charge in [-0.2, -0.15) is 4.31 Å². The first-order valence-corrected chi connectivity index (χ1v) is 11.4. The van der Waals surface area contributed by atoms with Gasteiger partial charge >= 0.3 is 0 Å². The topological polar surface area (TPSA) is 79.6 Å². The fraction of sp³-hybridized carbons (Fsp3) is 0.476. The van der Waals surface area contributed by atoms with E-state index in [1.165, 1.54) is 0 Å². The molecule has 1 atom stereocenters. The number of aryl methyl sites for hydroxylation is 1. The zero-order valence-electron chi connectivity index (χ0n) is 15.9. The Hall–Kier alpha value is -2.12. The van der Waals surface area contributed by atoms with E-state index < -0.39 is 10.0 Å². The van der Waals surface area contributed by atoms with Crippen LogP contribution in [-0.2, 0) is 27.7 Å². The van der Waals surface area contributed by atoms with E-state index in [0.717, 1.165) is 55.4 Å². The summed E-state index contributed by atoms with van der Waals surface area (Å²) < 4.78 is 32.5. The fourth-order valence-electron chi connectivity index (χ4n) is 4.10. The van der Waals surface area contributed by atoms with Crippen LogP contribution >= 0.6 is 0 Å². The molecule has 1 aliphatic heterocycles. The monoisotopic (exact) mass is 402 g/mol. The highest BCUT2D eigenvalue weighted by molar-refractivity contribution is 7.89. The quantitative estimate of drug-likeness (QED) is 0.833. The third-order valence-electron chi connectivity index (χ3n) is 5.63. The SMILES string of the molecule is O=C(Cc1ccc(S(=O)(=O)N2CCCCC2)cc1)NC1CCCc2occc21. The van der Waals surface area contributed by atoms with Crippen molar-refractivity contribution in [3.63, 3.8) is 0 Å². The molecule has 6 nitrogen and oxygen atoms in total. The van der Waals surface area contributed by atoms with Crippen LogP contribution < -0.4 is 5.32 Å². The second-order valence-electron chi connectivity index (χ2n) is 7.60. The molecule has 28 heavy (non-hydrogen) atoms. The van der Waals surface area contributed by atoms with Crippen LogP contribution in [0.4, 0.5) is 0 Å². The zero-order valence-corrected chi connectivity index (χ0v) is 16.7. The van der Waals surface area contributed by atoms with Crippen molar-refractivity contribution in [3.8, 4) is 0 Å². The molecule has 7 heteroatoms. The van der Waals surface area contributed by atoms with Crippen molar-refractivity contribution in [2.24, 2.45) is 0 Å². The first-order valence-electron chi connectivity index (χ1n) is 9.99. The highest BCUT2D eigenvalue weighted by atomic mass is 32.2. The largest absolute Gasteiger partial charge is 0.469 e. The number of furan rings is 1. The number of amides is 1. The highest BCUT2D eigenvalue weighted by Gasteiger charge is 2.26. The fourth-order valence-corrected chi connectivity index (χ4v) is 5.62. The van der Waals surface area contributed by atoms with Gasteiger partial charge in [-0.05, 0) is 49.4 Å². The number of nitrogens with zero attached hydrogens (tertiary/aromatic N) is 1. The number of hydrogen-bond donors (Lipinski definition) is 1. The summed E-state index contributed by atoms with van der Waals surface area (Å²) >= 11 is 0. The van der Waals surface area contributed by atoms with E-state index in [-0.39, 0.29) is 18.4 Å². The number of piperidine rings is 1. The minimum Gasteiger partial charge on any atom is -0.469 e. The molecule has 1 unspecified atom stereocenters. The Morgan fingerprint density at radius 2 is 1.82 bits per heavy atom. The molecule has 2 heterocycles. The van der Waals surface area contributed by atoms with E-state index in [9.17, 15) is 13.2 Å². The zero-order chi connectivity index (χ0) is 19.6. The lowest BCUT2D eigenvalue weighted by atomic mass is 9.93. The van der Waals surface area contributed by atoms with E-state index >= 15 is 0 Å². The van der Waals surface area contributed by atoms with Crippen molar-refractivity contribution in [1.82, 2.24) is 9.62 Å². The standard InChI is InChI=1S/C21H26N2O4S/c24-21(22-19-5-4-6-20-18(19)11-14-27-20)15-16-7-9-17(10-8-16)28(25,26)23-12-2-1-3-13-23/h7-11,14,19H,1-6,12-13,15H2,(H,22,24). The van der Waals surface area contributed by atoms with Crippen LogP contribution in [0, 0.1) is 0 Å². The predicted molar refractivity (Wildman–Crippen MR) is 105 cm³/mol. The van der Waals surface area contributed by atoms with Gasteiger partial charge in [-0.25, -0.2) is 8.42 Å². The lowest BCUT2D eigenvalue weighted by Crippen LogP contribution is -2.35. The number of rotatable bonds is 5. The molecule has 2 aliphatic rings. The van der Waals surface area contributed by atoms with Gasteiger partial charge in [0.05, 0.1) is 23.6 Å². The van der Waals surface area contributed by atoms with Crippen LogP contribution in [0.25, 0.3) is 0 Å². The van der Waals surface area contributed by atoms with Gasteiger partial charge in [0.25, 0.3) is 0 Å². The number of carbonyl (C=O) groups excluding carboxylic acids is 1. The number of fused-ring (bicyclic) bond motifs is 1. The van der Waals surface area contributed by atoms with Crippen LogP contribution in [0.3, 0.4) is 0 Å². The molecule has 0 spiro atoms. The number of carbonyl (C=O) groups is 1. The molecule has 1 N–H and O–H groups in total. The van der Waals surface area contributed by atoms with Crippen molar-refractivity contribution < 1.29 is 17.6 Å². The first kappa shape index (κ1) is 19.2. The van der Waals surface area contributed by atoms with Crippen LogP contribution in [0.15, 0.2) is 45.9 Å². The molecule has 1 fully saturated rings. The summed E-state index contributed by atoms with van der Waals surface area (Å²) in [6.07, 6.45) is 7.64. The van der Waals surface area contributed by atoms with E-state index in [1.807, 2.05) is 6.07 Å². The number of benzene rings is 1. The summed E-state index contributed by atoms with van der Waals surface area (Å²) in [5.74, 6) is 0.898. The molecule has 1 saturated heterocycles. The molecular weight excluding hydrogens is 376 g/mol. The number of hydrogen-bond acceptors (Lipinski definition) is 4. The van der Waals surface area contributed by atoms with Gasteiger partial charge in [0.2, 0.25) is 15.9 Å². The van der Waals surface area contributed by atoms with Crippen molar-refractivity contribution in [3.05, 3.63) is 53.5 Å². The Morgan fingerprint density at radius 1 is 1.07 bits per heavy atom. The van der Waals surface area contributed by atoms with Crippen LogP contribution in [-0.4, -0.2) is 31.7 Å². The maximum absolute atomic E-state index is 12.7. The minimum absolute atomic E-state index is 0.00578. The molecule has 1 aromatic heterocycles. The molecule has 0 radical (unpaired) electrons. The maximum Gasteiger partial charge on any atom is 0.243 e. The summed E-state index contributed by atoms with van der Waals surface area (Å²) in [5.41, 5.74) is 1.88. The maximum atomic E-state index is 12.7. The van der Waals surface area contributed by atoms with Crippen molar-refractivity contribution in [2.75, 3.05) is 13.1 Å². The Kier molecular flexibility index (Phi) is 5.55. The lowest BCUT2D eigenvalue weighted by molar-refractivity contribution is -0.121. The van der Waals surface area contributed by atoms with Gasteiger partial charge in [0.1, 0.15) is 5.76 Å². The average molecular weight is 403 g/mol. The van der Waals surface area contributed by atoms with Crippen molar-refractivity contribution in [2.45, 2.75) is 55.9 Å². The lowest BCUT2D eigenvalue weighted by Gasteiger charge is -2.26. The molecule has 150 valence electrons. The molecule has 1 amide bonds. The Bertz CT molecular complexity index is 928. The van der Waals surface area contributed by atoms with Crippen LogP contribution in [0.1, 0.15) is 55.0 Å². The van der Waals surface area contributed by atoms with Crippen LogP contribution in [0.2, 0.25) is 0 Å². The Labute approximate surface area is 166 Å². The summed E-state index contributed by atoms with van der Waals surface area (Å²) in [6, 6.07) is 8.62. The van der Waals surface area contributed by atoms with E-state index in [2.05, 4.69) is 5.32 Å². The third kappa shape index (κ3) is 4.00. The second-order valence-corrected chi connectivity index (χ2v) is 9.53. The smallest absolute Gasteiger partial charge is 0.243 e. The molecular formula is C21H26N2O4S. The average Bonchev–Trinajstić information content (AvgIpc) is 3.19. The Morgan fingerprint density at radius 3 is 2.57 bits per heavy atom. The molecule has 0 saturated carbocycles. The molecule has 2 aromatic rings. The first-order chi connectivity index (χ1) is 13.5. The minimum atomic E-state index is -3.43. The molecule has 4 rings (SSSR count).